The Bertz CT molecular complexity index is 265. The number of ether oxygens (including phenoxy) is 1. The number of hydrogen-bond acceptors (Lipinski definition) is 3. The van der Waals surface area contributed by atoms with Crippen LogP contribution in [0.4, 0.5) is 0 Å². The highest BCUT2D eigenvalue weighted by atomic mass is 32.1. The SMILES string of the molecule is CCCC(=O)c1sccc1OC. The summed E-state index contributed by atoms with van der Waals surface area (Å²) in [6.45, 7) is 2.00. The van der Waals surface area contributed by atoms with Crippen molar-refractivity contribution in [2.45, 2.75) is 19.8 Å². The molecule has 1 heterocycles. The predicted molar refractivity (Wildman–Crippen MR) is 50.1 cm³/mol. The van der Waals surface area contributed by atoms with Crippen LogP contribution < -0.4 is 4.74 Å². The summed E-state index contributed by atoms with van der Waals surface area (Å²) in [5.41, 5.74) is 0. The van der Waals surface area contributed by atoms with Crippen LogP contribution >= 0.6 is 11.3 Å². The Morgan fingerprint density at radius 1 is 1.67 bits per heavy atom. The van der Waals surface area contributed by atoms with E-state index in [9.17, 15) is 4.79 Å². The first-order valence-corrected chi connectivity index (χ1v) is 4.82. The summed E-state index contributed by atoms with van der Waals surface area (Å²) in [5.74, 6) is 0.891. The second-order valence-electron chi connectivity index (χ2n) is 2.49. The van der Waals surface area contributed by atoms with Gasteiger partial charge < -0.3 is 4.74 Å². The average Bonchev–Trinajstić information content (AvgIpc) is 2.51. The topological polar surface area (TPSA) is 26.3 Å². The molecule has 0 saturated heterocycles. The molecule has 0 unspecified atom stereocenters. The maximum absolute atomic E-state index is 11.4. The van der Waals surface area contributed by atoms with Crippen LogP contribution in [0.3, 0.4) is 0 Å². The lowest BCUT2D eigenvalue weighted by Gasteiger charge is -1.99. The van der Waals surface area contributed by atoms with Crippen molar-refractivity contribution < 1.29 is 9.53 Å². The van der Waals surface area contributed by atoms with E-state index in [1.807, 2.05) is 18.4 Å². The van der Waals surface area contributed by atoms with Crippen molar-refractivity contribution in [3.05, 3.63) is 16.3 Å². The Kier molecular flexibility index (Phi) is 3.29. The maximum atomic E-state index is 11.4. The Morgan fingerprint density at radius 3 is 3.00 bits per heavy atom. The zero-order chi connectivity index (χ0) is 8.97. The van der Waals surface area contributed by atoms with Gasteiger partial charge in [-0.1, -0.05) is 6.92 Å². The number of hydrogen-bond donors (Lipinski definition) is 0. The average molecular weight is 184 g/mol. The summed E-state index contributed by atoms with van der Waals surface area (Å²) >= 11 is 1.45. The molecule has 0 radical (unpaired) electrons. The fourth-order valence-corrected chi connectivity index (χ4v) is 1.83. The van der Waals surface area contributed by atoms with Gasteiger partial charge in [0.05, 0.1) is 7.11 Å². The van der Waals surface area contributed by atoms with E-state index in [0.717, 1.165) is 11.3 Å². The number of rotatable bonds is 4. The molecule has 0 aromatic carbocycles. The monoisotopic (exact) mass is 184 g/mol. The van der Waals surface area contributed by atoms with Crippen LogP contribution in [-0.2, 0) is 0 Å². The van der Waals surface area contributed by atoms with E-state index in [1.165, 1.54) is 11.3 Å². The van der Waals surface area contributed by atoms with E-state index in [2.05, 4.69) is 0 Å². The third-order valence-electron chi connectivity index (χ3n) is 1.58. The molecular formula is C9H12O2S. The van der Waals surface area contributed by atoms with Gasteiger partial charge in [0.2, 0.25) is 0 Å². The molecule has 0 spiro atoms. The van der Waals surface area contributed by atoms with E-state index >= 15 is 0 Å². The highest BCUT2D eigenvalue weighted by Gasteiger charge is 2.11. The molecule has 0 aliphatic carbocycles. The van der Waals surface area contributed by atoms with E-state index in [4.69, 9.17) is 4.74 Å². The van der Waals surface area contributed by atoms with Gasteiger partial charge >= 0.3 is 0 Å². The van der Waals surface area contributed by atoms with Crippen molar-refractivity contribution in [2.24, 2.45) is 0 Å². The lowest BCUT2D eigenvalue weighted by molar-refractivity contribution is 0.0983. The number of thiophene rings is 1. The Balaban J connectivity index is 2.79. The second-order valence-corrected chi connectivity index (χ2v) is 3.41. The van der Waals surface area contributed by atoms with Crippen molar-refractivity contribution >= 4 is 17.1 Å². The highest BCUT2D eigenvalue weighted by molar-refractivity contribution is 7.12. The van der Waals surface area contributed by atoms with Crippen LogP contribution in [0.5, 0.6) is 5.75 Å². The lowest BCUT2D eigenvalue weighted by Crippen LogP contribution is -1.97. The Morgan fingerprint density at radius 2 is 2.42 bits per heavy atom. The Labute approximate surface area is 76.2 Å². The van der Waals surface area contributed by atoms with Gasteiger partial charge in [-0.3, -0.25) is 4.79 Å². The minimum absolute atomic E-state index is 0.185. The third kappa shape index (κ3) is 1.85. The van der Waals surface area contributed by atoms with Crippen LogP contribution in [0, 0.1) is 0 Å². The molecule has 12 heavy (non-hydrogen) atoms. The van der Waals surface area contributed by atoms with Crippen molar-refractivity contribution in [1.29, 1.82) is 0 Å². The van der Waals surface area contributed by atoms with E-state index in [1.54, 1.807) is 7.11 Å². The van der Waals surface area contributed by atoms with Crippen molar-refractivity contribution in [3.8, 4) is 5.75 Å². The first-order valence-electron chi connectivity index (χ1n) is 3.94. The summed E-state index contributed by atoms with van der Waals surface area (Å²) in [7, 11) is 1.59. The predicted octanol–water partition coefficient (Wildman–Crippen LogP) is 2.74. The summed E-state index contributed by atoms with van der Waals surface area (Å²) in [5, 5.41) is 1.88. The quantitative estimate of drug-likeness (QED) is 0.672. The molecular weight excluding hydrogens is 172 g/mol. The van der Waals surface area contributed by atoms with Gasteiger partial charge in [-0.05, 0) is 17.9 Å². The molecule has 0 aliphatic rings. The van der Waals surface area contributed by atoms with Gasteiger partial charge in [-0.25, -0.2) is 0 Å². The minimum atomic E-state index is 0.185. The zero-order valence-corrected chi connectivity index (χ0v) is 8.11. The molecule has 0 amide bonds. The normalized spacial score (nSPS) is 9.83. The molecule has 0 fully saturated rings. The summed E-state index contributed by atoms with van der Waals surface area (Å²) in [6.07, 6.45) is 1.50. The van der Waals surface area contributed by atoms with Crippen molar-refractivity contribution in [3.63, 3.8) is 0 Å². The highest BCUT2D eigenvalue weighted by Crippen LogP contribution is 2.25. The van der Waals surface area contributed by atoms with Crippen LogP contribution in [0.2, 0.25) is 0 Å². The van der Waals surface area contributed by atoms with Gasteiger partial charge in [0.1, 0.15) is 10.6 Å². The van der Waals surface area contributed by atoms with Crippen molar-refractivity contribution in [1.82, 2.24) is 0 Å². The number of ketones is 1. The first kappa shape index (κ1) is 9.26. The molecule has 0 bridgehead atoms. The number of carbonyl (C=O) groups excluding carboxylic acids is 1. The molecule has 0 saturated carbocycles. The second kappa shape index (κ2) is 4.26. The smallest absolute Gasteiger partial charge is 0.176 e. The Hall–Kier alpha value is -0.830. The molecule has 2 nitrogen and oxygen atoms in total. The van der Waals surface area contributed by atoms with E-state index in [-0.39, 0.29) is 5.78 Å². The minimum Gasteiger partial charge on any atom is -0.495 e. The van der Waals surface area contributed by atoms with Crippen LogP contribution in [0.1, 0.15) is 29.4 Å². The number of carbonyl (C=O) groups is 1. The van der Waals surface area contributed by atoms with Crippen LogP contribution in [-0.4, -0.2) is 12.9 Å². The fraction of sp³-hybridized carbons (Fsp3) is 0.444. The fourth-order valence-electron chi connectivity index (χ4n) is 1.00. The van der Waals surface area contributed by atoms with Crippen LogP contribution in [0.25, 0.3) is 0 Å². The summed E-state index contributed by atoms with van der Waals surface area (Å²) in [6, 6.07) is 1.83. The van der Waals surface area contributed by atoms with E-state index in [0.29, 0.717) is 12.2 Å². The zero-order valence-electron chi connectivity index (χ0n) is 7.29. The van der Waals surface area contributed by atoms with Gasteiger partial charge in [-0.15, -0.1) is 11.3 Å². The van der Waals surface area contributed by atoms with Gasteiger partial charge in [0.15, 0.2) is 5.78 Å². The molecule has 1 rings (SSSR count). The van der Waals surface area contributed by atoms with Gasteiger partial charge in [0.25, 0.3) is 0 Å². The van der Waals surface area contributed by atoms with E-state index < -0.39 is 0 Å². The molecule has 3 heteroatoms. The molecule has 1 aromatic rings. The molecule has 0 aliphatic heterocycles. The summed E-state index contributed by atoms with van der Waals surface area (Å²) in [4.78, 5) is 12.2. The number of methoxy groups -OCH3 is 1. The molecule has 66 valence electrons. The molecule has 0 atom stereocenters. The molecule has 0 N–H and O–H groups in total. The van der Waals surface area contributed by atoms with Crippen molar-refractivity contribution in [2.75, 3.05) is 7.11 Å². The maximum Gasteiger partial charge on any atom is 0.176 e. The van der Waals surface area contributed by atoms with Crippen LogP contribution in [0.15, 0.2) is 11.4 Å². The van der Waals surface area contributed by atoms with Gasteiger partial charge in [-0.2, -0.15) is 0 Å². The standard InChI is InChI=1S/C9H12O2S/c1-3-4-7(10)9-8(11-2)5-6-12-9/h5-6H,3-4H2,1-2H3. The third-order valence-corrected chi connectivity index (χ3v) is 2.52. The molecule has 1 aromatic heterocycles. The lowest BCUT2D eigenvalue weighted by atomic mass is 10.2. The first-order chi connectivity index (χ1) is 5.79. The number of Topliss-reactive ketones (excluding diaryl/α,β-unsaturated/α-hetero) is 1. The summed E-state index contributed by atoms with van der Waals surface area (Å²) < 4.78 is 5.04. The largest absolute Gasteiger partial charge is 0.495 e. The van der Waals surface area contributed by atoms with Gasteiger partial charge in [0, 0.05) is 6.42 Å².